The van der Waals surface area contributed by atoms with Crippen molar-refractivity contribution in [3.63, 3.8) is 0 Å². The summed E-state index contributed by atoms with van der Waals surface area (Å²) in [5.74, 6) is -1.50. The van der Waals surface area contributed by atoms with Gasteiger partial charge in [-0.25, -0.2) is 13.8 Å². The summed E-state index contributed by atoms with van der Waals surface area (Å²) in [6.07, 6.45) is 1.59. The second-order valence-electron chi connectivity index (χ2n) is 4.14. The number of imidazole rings is 1. The highest BCUT2D eigenvalue weighted by atomic mass is 19.1. The lowest BCUT2D eigenvalue weighted by Crippen LogP contribution is -2.04. The summed E-state index contributed by atoms with van der Waals surface area (Å²) in [7, 11) is 1.64. The third kappa shape index (κ3) is 2.78. The van der Waals surface area contributed by atoms with Crippen LogP contribution < -0.4 is 0 Å². The van der Waals surface area contributed by atoms with Gasteiger partial charge in [-0.05, 0) is 18.2 Å². The number of rotatable bonds is 4. The van der Waals surface area contributed by atoms with Crippen molar-refractivity contribution in [2.24, 2.45) is 7.05 Å². The van der Waals surface area contributed by atoms with Crippen molar-refractivity contribution in [2.45, 2.75) is 12.8 Å². The van der Waals surface area contributed by atoms with E-state index in [0.29, 0.717) is 11.5 Å². The molecule has 1 aromatic carbocycles. The summed E-state index contributed by atoms with van der Waals surface area (Å²) >= 11 is 0. The second kappa shape index (κ2) is 5.17. The van der Waals surface area contributed by atoms with Crippen molar-refractivity contribution < 1.29 is 18.7 Å². The number of carboxylic acids is 1. The number of carboxylic acid groups (broad SMARTS) is 1. The Morgan fingerprint density at radius 3 is 2.84 bits per heavy atom. The second-order valence-corrected chi connectivity index (χ2v) is 4.14. The molecule has 1 N–H and O–H groups in total. The van der Waals surface area contributed by atoms with E-state index in [1.165, 1.54) is 6.20 Å². The van der Waals surface area contributed by atoms with Gasteiger partial charge < -0.3 is 9.67 Å². The first-order valence-corrected chi connectivity index (χ1v) is 5.67. The van der Waals surface area contributed by atoms with Crippen molar-refractivity contribution in [1.29, 1.82) is 0 Å². The molecule has 100 valence electrons. The van der Waals surface area contributed by atoms with E-state index < -0.39 is 17.6 Å². The van der Waals surface area contributed by atoms with Gasteiger partial charge in [-0.1, -0.05) is 0 Å². The van der Waals surface area contributed by atoms with Gasteiger partial charge >= 0.3 is 5.97 Å². The number of benzene rings is 1. The highest BCUT2D eigenvalue weighted by Gasteiger charge is 2.13. The molecule has 0 bridgehead atoms. The first kappa shape index (κ1) is 13.2. The highest BCUT2D eigenvalue weighted by molar-refractivity contribution is 5.67. The zero-order chi connectivity index (χ0) is 14.0. The van der Waals surface area contributed by atoms with E-state index in [2.05, 4.69) is 4.98 Å². The van der Waals surface area contributed by atoms with E-state index in [1.807, 2.05) is 0 Å². The molecule has 2 rings (SSSR count). The smallest absolute Gasteiger partial charge is 0.303 e. The molecule has 1 aromatic heterocycles. The minimum absolute atomic E-state index is 0.0596. The lowest BCUT2D eigenvalue weighted by atomic mass is 10.1. The Balaban J connectivity index is 2.36. The van der Waals surface area contributed by atoms with E-state index in [1.54, 1.807) is 11.6 Å². The van der Waals surface area contributed by atoms with Crippen LogP contribution in [0.2, 0.25) is 0 Å². The average Bonchev–Trinajstić information content (AvgIpc) is 2.71. The molecular weight excluding hydrogens is 254 g/mol. The normalized spacial score (nSPS) is 10.7. The Bertz CT molecular complexity index is 623. The van der Waals surface area contributed by atoms with Crippen molar-refractivity contribution in [1.82, 2.24) is 9.55 Å². The fourth-order valence-electron chi connectivity index (χ4n) is 1.84. The Morgan fingerprint density at radius 2 is 2.16 bits per heavy atom. The molecule has 6 heteroatoms. The molecular formula is C13H12F2N2O2. The van der Waals surface area contributed by atoms with Gasteiger partial charge in [-0.3, -0.25) is 4.79 Å². The topological polar surface area (TPSA) is 55.1 Å². The van der Waals surface area contributed by atoms with Gasteiger partial charge in [0, 0.05) is 19.0 Å². The van der Waals surface area contributed by atoms with Crippen molar-refractivity contribution >= 4 is 5.97 Å². The van der Waals surface area contributed by atoms with E-state index in [9.17, 15) is 13.6 Å². The number of carbonyl (C=O) groups is 1. The van der Waals surface area contributed by atoms with Gasteiger partial charge in [0.25, 0.3) is 0 Å². The maximum absolute atomic E-state index is 13.7. The molecule has 0 unspecified atom stereocenters. The summed E-state index contributed by atoms with van der Waals surface area (Å²) in [4.78, 5) is 14.6. The number of aliphatic carboxylic acids is 1. The van der Waals surface area contributed by atoms with E-state index >= 15 is 0 Å². The first-order valence-electron chi connectivity index (χ1n) is 5.67. The fourth-order valence-corrected chi connectivity index (χ4v) is 1.84. The summed E-state index contributed by atoms with van der Waals surface area (Å²) in [5.41, 5.74) is 0.522. The predicted molar refractivity (Wildman–Crippen MR) is 64.5 cm³/mol. The van der Waals surface area contributed by atoms with Gasteiger partial charge in [0.05, 0.1) is 18.3 Å². The SMILES string of the molecule is Cn1c(-c2cc(F)ccc2F)cnc1CCC(=O)O. The van der Waals surface area contributed by atoms with Gasteiger partial charge in [-0.15, -0.1) is 0 Å². The minimum Gasteiger partial charge on any atom is -0.481 e. The number of aromatic nitrogens is 2. The van der Waals surface area contributed by atoms with Crippen molar-refractivity contribution in [3.8, 4) is 11.3 Å². The average molecular weight is 266 g/mol. The molecule has 1 heterocycles. The summed E-state index contributed by atoms with van der Waals surface area (Å²) in [5, 5.41) is 8.62. The maximum atomic E-state index is 13.7. The molecule has 4 nitrogen and oxygen atoms in total. The van der Waals surface area contributed by atoms with Crippen LogP contribution in [-0.4, -0.2) is 20.6 Å². The van der Waals surface area contributed by atoms with Gasteiger partial charge in [0.2, 0.25) is 0 Å². The van der Waals surface area contributed by atoms with Crippen LogP contribution in [0.1, 0.15) is 12.2 Å². The lowest BCUT2D eigenvalue weighted by Gasteiger charge is -2.06. The number of halogens is 2. The Kier molecular flexibility index (Phi) is 3.59. The molecule has 0 fully saturated rings. The monoisotopic (exact) mass is 266 g/mol. The Hall–Kier alpha value is -2.24. The number of aryl methyl sites for hydroxylation is 1. The fraction of sp³-hybridized carbons (Fsp3) is 0.231. The zero-order valence-electron chi connectivity index (χ0n) is 10.2. The minimum atomic E-state index is -0.929. The van der Waals surface area contributed by atoms with Crippen LogP contribution in [0.5, 0.6) is 0 Å². The summed E-state index contributed by atoms with van der Waals surface area (Å²) < 4.78 is 28.4. The molecule has 0 aliphatic carbocycles. The molecule has 0 amide bonds. The number of hydrogen-bond donors (Lipinski definition) is 1. The summed E-state index contributed by atoms with van der Waals surface area (Å²) in [6, 6.07) is 3.18. The van der Waals surface area contributed by atoms with Gasteiger partial charge in [0.1, 0.15) is 17.5 Å². The third-order valence-electron chi connectivity index (χ3n) is 2.85. The molecule has 0 atom stereocenters. The maximum Gasteiger partial charge on any atom is 0.303 e. The third-order valence-corrected chi connectivity index (χ3v) is 2.85. The zero-order valence-corrected chi connectivity index (χ0v) is 10.2. The van der Waals surface area contributed by atoms with Crippen LogP contribution in [0.15, 0.2) is 24.4 Å². The molecule has 19 heavy (non-hydrogen) atoms. The summed E-state index contributed by atoms with van der Waals surface area (Å²) in [6.45, 7) is 0. The Labute approximate surface area is 108 Å². The first-order chi connectivity index (χ1) is 8.99. The van der Waals surface area contributed by atoms with Gasteiger partial charge in [-0.2, -0.15) is 0 Å². The number of nitrogens with zero attached hydrogens (tertiary/aromatic N) is 2. The molecule has 0 spiro atoms. The molecule has 0 radical (unpaired) electrons. The molecule has 0 aliphatic rings. The molecule has 2 aromatic rings. The van der Waals surface area contributed by atoms with Crippen LogP contribution in [0.4, 0.5) is 8.78 Å². The van der Waals surface area contributed by atoms with E-state index in [4.69, 9.17) is 5.11 Å². The van der Waals surface area contributed by atoms with Crippen LogP contribution in [-0.2, 0) is 18.3 Å². The van der Waals surface area contributed by atoms with Crippen LogP contribution in [0.25, 0.3) is 11.3 Å². The predicted octanol–water partition coefficient (Wildman–Crippen LogP) is 2.38. The lowest BCUT2D eigenvalue weighted by molar-refractivity contribution is -0.137. The number of hydrogen-bond acceptors (Lipinski definition) is 2. The van der Waals surface area contributed by atoms with Crippen LogP contribution in [0, 0.1) is 11.6 Å². The van der Waals surface area contributed by atoms with E-state index in [0.717, 1.165) is 18.2 Å². The van der Waals surface area contributed by atoms with E-state index in [-0.39, 0.29) is 18.4 Å². The molecule has 0 saturated carbocycles. The van der Waals surface area contributed by atoms with Crippen molar-refractivity contribution in [2.75, 3.05) is 0 Å². The largest absolute Gasteiger partial charge is 0.481 e. The standard InChI is InChI=1S/C13H12F2N2O2/c1-17-11(7-16-12(17)4-5-13(18)19)9-6-8(14)2-3-10(9)15/h2-3,6-7H,4-5H2,1H3,(H,18,19). The van der Waals surface area contributed by atoms with Crippen LogP contribution >= 0.6 is 0 Å². The Morgan fingerprint density at radius 1 is 1.42 bits per heavy atom. The van der Waals surface area contributed by atoms with Gasteiger partial charge in [0.15, 0.2) is 0 Å². The molecule has 0 saturated heterocycles. The quantitative estimate of drug-likeness (QED) is 0.924. The van der Waals surface area contributed by atoms with Crippen molar-refractivity contribution in [3.05, 3.63) is 41.9 Å². The highest BCUT2D eigenvalue weighted by Crippen LogP contribution is 2.24. The molecule has 0 aliphatic heterocycles. The van der Waals surface area contributed by atoms with Crippen LogP contribution in [0.3, 0.4) is 0 Å².